The first-order valence-corrected chi connectivity index (χ1v) is 9.70. The van der Waals surface area contributed by atoms with Crippen LogP contribution >= 0.6 is 0 Å². The summed E-state index contributed by atoms with van der Waals surface area (Å²) in [6.07, 6.45) is 1.63. The largest absolute Gasteiger partial charge is 0.354 e. The highest BCUT2D eigenvalue weighted by Gasteiger charge is 2.29. The van der Waals surface area contributed by atoms with Crippen molar-refractivity contribution >= 4 is 21.6 Å². The highest BCUT2D eigenvalue weighted by atomic mass is 32.2. The molecule has 1 amide bonds. The molecule has 5 nitrogen and oxygen atoms in total. The van der Waals surface area contributed by atoms with Gasteiger partial charge in [0.1, 0.15) is 11.9 Å². The van der Waals surface area contributed by atoms with Crippen LogP contribution in [0.5, 0.6) is 0 Å². The number of hydrogen-bond donors (Lipinski definition) is 1. The Morgan fingerprint density at radius 2 is 1.84 bits per heavy atom. The topological polar surface area (TPSA) is 66.5 Å². The molecule has 0 saturated heterocycles. The molecule has 0 fully saturated rings. The minimum Gasteiger partial charge on any atom is -0.354 e. The predicted molar refractivity (Wildman–Crippen MR) is 96.3 cm³/mol. The Morgan fingerprint density at radius 1 is 1.16 bits per heavy atom. The fourth-order valence-corrected chi connectivity index (χ4v) is 3.71. The molecule has 1 N–H and O–H groups in total. The molecule has 0 radical (unpaired) electrons. The number of halogens is 1. The van der Waals surface area contributed by atoms with E-state index in [4.69, 9.17) is 0 Å². The molecular weight excluding hydrogens is 343 g/mol. The molecule has 2 aromatic rings. The van der Waals surface area contributed by atoms with Crippen LogP contribution in [0, 0.1) is 5.82 Å². The standard InChI is InChI=1S/C18H21FN2O3S/c1-14(18(22)20-12-11-15-7-4-3-5-8-15)21(25(2,23)24)17-10-6-9-16(19)13-17/h3-10,13-14H,11-12H2,1-2H3,(H,20,22)/t14-/m0/s1. The van der Waals surface area contributed by atoms with E-state index in [9.17, 15) is 17.6 Å². The molecule has 2 rings (SSSR count). The van der Waals surface area contributed by atoms with Gasteiger partial charge in [-0.25, -0.2) is 12.8 Å². The third-order valence-corrected chi connectivity index (χ3v) is 4.95. The highest BCUT2D eigenvalue weighted by molar-refractivity contribution is 7.92. The van der Waals surface area contributed by atoms with Crippen LogP contribution < -0.4 is 9.62 Å². The summed E-state index contributed by atoms with van der Waals surface area (Å²) in [6.45, 7) is 1.86. The van der Waals surface area contributed by atoms with Gasteiger partial charge in [-0.15, -0.1) is 0 Å². The lowest BCUT2D eigenvalue weighted by atomic mass is 10.1. The van der Waals surface area contributed by atoms with E-state index in [2.05, 4.69) is 5.32 Å². The van der Waals surface area contributed by atoms with Crippen molar-refractivity contribution < 1.29 is 17.6 Å². The van der Waals surface area contributed by atoms with Gasteiger partial charge in [0.05, 0.1) is 11.9 Å². The van der Waals surface area contributed by atoms with E-state index in [0.717, 1.165) is 22.2 Å². The van der Waals surface area contributed by atoms with Crippen LogP contribution in [-0.2, 0) is 21.2 Å². The summed E-state index contributed by atoms with van der Waals surface area (Å²) < 4.78 is 38.6. The van der Waals surface area contributed by atoms with Gasteiger partial charge in [0.25, 0.3) is 0 Å². The lowest BCUT2D eigenvalue weighted by Gasteiger charge is -2.28. The van der Waals surface area contributed by atoms with Gasteiger partial charge in [-0.3, -0.25) is 9.10 Å². The number of carbonyl (C=O) groups is 1. The van der Waals surface area contributed by atoms with Crippen LogP contribution in [-0.4, -0.2) is 33.2 Å². The molecule has 0 aliphatic carbocycles. The first-order valence-electron chi connectivity index (χ1n) is 7.85. The van der Waals surface area contributed by atoms with Gasteiger partial charge in [0.2, 0.25) is 15.9 Å². The van der Waals surface area contributed by atoms with Gasteiger partial charge < -0.3 is 5.32 Å². The summed E-state index contributed by atoms with van der Waals surface area (Å²) >= 11 is 0. The molecule has 2 aromatic carbocycles. The number of nitrogens with zero attached hydrogens (tertiary/aromatic N) is 1. The van der Waals surface area contributed by atoms with Crippen molar-refractivity contribution in [3.63, 3.8) is 0 Å². The molecule has 7 heteroatoms. The maximum Gasteiger partial charge on any atom is 0.243 e. The summed E-state index contributed by atoms with van der Waals surface area (Å²) in [4.78, 5) is 12.4. The maximum absolute atomic E-state index is 13.4. The Balaban J connectivity index is 2.08. The first-order chi connectivity index (χ1) is 11.8. The molecule has 0 saturated carbocycles. The molecule has 0 heterocycles. The normalized spacial score (nSPS) is 12.4. The number of carbonyl (C=O) groups excluding carboxylic acids is 1. The summed E-state index contributed by atoms with van der Waals surface area (Å²) in [5, 5.41) is 2.73. The molecule has 0 bridgehead atoms. The van der Waals surface area contributed by atoms with Crippen molar-refractivity contribution in [3.05, 3.63) is 66.0 Å². The van der Waals surface area contributed by atoms with Crippen LogP contribution in [0.25, 0.3) is 0 Å². The summed E-state index contributed by atoms with van der Waals surface area (Å²) in [5.41, 5.74) is 1.19. The number of nitrogens with one attached hydrogen (secondary N) is 1. The van der Waals surface area contributed by atoms with E-state index >= 15 is 0 Å². The Morgan fingerprint density at radius 3 is 2.44 bits per heavy atom. The van der Waals surface area contributed by atoms with E-state index in [1.807, 2.05) is 30.3 Å². The van der Waals surface area contributed by atoms with E-state index in [1.165, 1.54) is 25.1 Å². The van der Waals surface area contributed by atoms with Crippen molar-refractivity contribution in [1.29, 1.82) is 0 Å². The average molecular weight is 364 g/mol. The second kappa shape index (κ2) is 8.11. The SMILES string of the molecule is C[C@@H](C(=O)NCCc1ccccc1)N(c1cccc(F)c1)S(C)(=O)=O. The van der Waals surface area contributed by atoms with Crippen molar-refractivity contribution in [2.45, 2.75) is 19.4 Å². The van der Waals surface area contributed by atoms with Gasteiger partial charge in [-0.2, -0.15) is 0 Å². The lowest BCUT2D eigenvalue weighted by Crippen LogP contribution is -2.48. The molecule has 1 atom stereocenters. The van der Waals surface area contributed by atoms with Crippen molar-refractivity contribution in [1.82, 2.24) is 5.32 Å². The fraction of sp³-hybridized carbons (Fsp3) is 0.278. The molecular formula is C18H21FN2O3S. The number of amides is 1. The smallest absolute Gasteiger partial charge is 0.243 e. The minimum absolute atomic E-state index is 0.119. The number of rotatable bonds is 7. The summed E-state index contributed by atoms with van der Waals surface area (Å²) in [7, 11) is -3.75. The van der Waals surface area contributed by atoms with E-state index in [-0.39, 0.29) is 5.69 Å². The first kappa shape index (κ1) is 18.9. The third kappa shape index (κ3) is 5.29. The van der Waals surface area contributed by atoms with Crippen molar-refractivity contribution in [2.75, 3.05) is 17.1 Å². The van der Waals surface area contributed by atoms with Crippen LogP contribution in [0.1, 0.15) is 12.5 Å². The number of anilines is 1. The van der Waals surface area contributed by atoms with Crippen LogP contribution in [0.15, 0.2) is 54.6 Å². The van der Waals surface area contributed by atoms with Gasteiger partial charge in [0, 0.05) is 6.54 Å². The maximum atomic E-state index is 13.4. The quantitative estimate of drug-likeness (QED) is 0.820. The number of sulfonamides is 1. The Bertz CT molecular complexity index is 825. The van der Waals surface area contributed by atoms with Crippen LogP contribution in [0.3, 0.4) is 0 Å². The monoisotopic (exact) mass is 364 g/mol. The Labute approximate surface area is 147 Å². The van der Waals surface area contributed by atoms with Gasteiger partial charge in [-0.1, -0.05) is 36.4 Å². The van der Waals surface area contributed by atoms with Crippen LogP contribution in [0.4, 0.5) is 10.1 Å². The van der Waals surface area contributed by atoms with Gasteiger partial charge >= 0.3 is 0 Å². The van der Waals surface area contributed by atoms with Gasteiger partial charge in [-0.05, 0) is 37.1 Å². The van der Waals surface area contributed by atoms with Crippen molar-refractivity contribution in [3.8, 4) is 0 Å². The van der Waals surface area contributed by atoms with Crippen molar-refractivity contribution in [2.24, 2.45) is 0 Å². The zero-order valence-electron chi connectivity index (χ0n) is 14.1. The zero-order chi connectivity index (χ0) is 18.4. The zero-order valence-corrected chi connectivity index (χ0v) is 15.0. The molecule has 0 spiro atoms. The number of benzene rings is 2. The molecule has 0 aliphatic heterocycles. The third-order valence-electron chi connectivity index (χ3n) is 3.71. The van der Waals surface area contributed by atoms with Gasteiger partial charge in [0.15, 0.2) is 0 Å². The second-order valence-corrected chi connectivity index (χ2v) is 7.60. The average Bonchev–Trinajstić information content (AvgIpc) is 2.54. The highest BCUT2D eigenvalue weighted by Crippen LogP contribution is 2.21. The Hall–Kier alpha value is -2.41. The Kier molecular flexibility index (Phi) is 6.14. The lowest BCUT2D eigenvalue weighted by molar-refractivity contribution is -0.121. The summed E-state index contributed by atoms with van der Waals surface area (Å²) in [5.74, 6) is -1.01. The number of hydrogen-bond acceptors (Lipinski definition) is 3. The fourth-order valence-electron chi connectivity index (χ4n) is 2.54. The second-order valence-electron chi connectivity index (χ2n) is 5.74. The molecule has 0 unspecified atom stereocenters. The predicted octanol–water partition coefficient (Wildman–Crippen LogP) is 2.34. The van der Waals surface area contributed by atoms with Crippen LogP contribution in [0.2, 0.25) is 0 Å². The molecule has 0 aliphatic rings. The minimum atomic E-state index is -3.75. The summed E-state index contributed by atoms with van der Waals surface area (Å²) in [6, 6.07) is 13.8. The molecule has 25 heavy (non-hydrogen) atoms. The molecule has 134 valence electrons. The van der Waals surface area contributed by atoms with E-state index in [1.54, 1.807) is 0 Å². The van der Waals surface area contributed by atoms with E-state index in [0.29, 0.717) is 13.0 Å². The van der Waals surface area contributed by atoms with E-state index < -0.39 is 27.8 Å². The molecule has 0 aromatic heterocycles.